The maximum atomic E-state index is 12.4. The van der Waals surface area contributed by atoms with Crippen molar-refractivity contribution in [3.63, 3.8) is 0 Å². The minimum atomic E-state index is 0.00981. The highest BCUT2D eigenvalue weighted by atomic mass is 32.1. The number of furan rings is 1. The molecule has 0 spiro atoms. The predicted molar refractivity (Wildman–Crippen MR) is 76.0 cm³/mol. The number of ketones is 1. The number of fused-ring (bicyclic) bond motifs is 2. The van der Waals surface area contributed by atoms with Crippen LogP contribution in [0.2, 0.25) is 0 Å². The quantitative estimate of drug-likeness (QED) is 0.652. The molecule has 2 nitrogen and oxygen atoms in total. The molecule has 0 bridgehead atoms. The van der Waals surface area contributed by atoms with E-state index in [-0.39, 0.29) is 5.78 Å². The van der Waals surface area contributed by atoms with E-state index < -0.39 is 0 Å². The van der Waals surface area contributed by atoms with Gasteiger partial charge in [0.2, 0.25) is 5.78 Å². The molecule has 1 aromatic carbocycles. The zero-order valence-electron chi connectivity index (χ0n) is 10.3. The van der Waals surface area contributed by atoms with Crippen molar-refractivity contribution in [3.8, 4) is 0 Å². The Bertz CT molecular complexity index is 725. The van der Waals surface area contributed by atoms with Crippen molar-refractivity contribution in [2.24, 2.45) is 0 Å². The smallest absolute Gasteiger partial charge is 0.238 e. The highest BCUT2D eigenvalue weighted by Crippen LogP contribution is 2.32. The van der Waals surface area contributed by atoms with Crippen LogP contribution in [0.25, 0.3) is 11.0 Å². The van der Waals surface area contributed by atoms with Gasteiger partial charge in [-0.2, -0.15) is 0 Å². The van der Waals surface area contributed by atoms with E-state index in [4.69, 9.17) is 4.42 Å². The molecule has 0 unspecified atom stereocenters. The number of carbonyl (C=O) groups is 1. The van der Waals surface area contributed by atoms with Gasteiger partial charge >= 0.3 is 0 Å². The number of rotatable bonds is 2. The van der Waals surface area contributed by atoms with Crippen LogP contribution in [0.3, 0.4) is 0 Å². The average molecular weight is 268 g/mol. The molecule has 19 heavy (non-hydrogen) atoms. The maximum absolute atomic E-state index is 12.4. The summed E-state index contributed by atoms with van der Waals surface area (Å²) in [5, 5.41) is 0.981. The zero-order valence-corrected chi connectivity index (χ0v) is 11.1. The number of carbonyl (C=O) groups excluding carboxylic acids is 1. The third kappa shape index (κ3) is 1.73. The van der Waals surface area contributed by atoms with Crippen molar-refractivity contribution in [1.82, 2.24) is 0 Å². The van der Waals surface area contributed by atoms with Gasteiger partial charge in [0, 0.05) is 10.3 Å². The molecule has 0 saturated heterocycles. The van der Waals surface area contributed by atoms with Gasteiger partial charge in [0.1, 0.15) is 5.58 Å². The Morgan fingerprint density at radius 1 is 1.16 bits per heavy atom. The van der Waals surface area contributed by atoms with E-state index >= 15 is 0 Å². The second-order valence-corrected chi connectivity index (χ2v) is 6.03. The van der Waals surface area contributed by atoms with Crippen LogP contribution in [0.1, 0.15) is 32.3 Å². The van der Waals surface area contributed by atoms with Crippen molar-refractivity contribution < 1.29 is 9.21 Å². The van der Waals surface area contributed by atoms with Gasteiger partial charge in [0.05, 0.1) is 4.88 Å². The summed E-state index contributed by atoms with van der Waals surface area (Å²) in [6.07, 6.45) is 3.45. The first kappa shape index (κ1) is 11.0. The summed E-state index contributed by atoms with van der Waals surface area (Å²) in [6, 6.07) is 11.6. The molecule has 3 heteroatoms. The molecule has 2 aromatic heterocycles. The average Bonchev–Trinajstić information content (AvgIpc) is 3.10. The lowest BCUT2D eigenvalue weighted by molar-refractivity contribution is 0.101. The highest BCUT2D eigenvalue weighted by Gasteiger charge is 2.21. The Hall–Kier alpha value is -1.87. The molecule has 1 aliphatic carbocycles. The Kier molecular flexibility index (Phi) is 2.35. The third-order valence-corrected chi connectivity index (χ3v) is 4.86. The van der Waals surface area contributed by atoms with Gasteiger partial charge in [-0.3, -0.25) is 4.79 Å². The Morgan fingerprint density at radius 3 is 2.89 bits per heavy atom. The number of hydrogen-bond acceptors (Lipinski definition) is 3. The van der Waals surface area contributed by atoms with Crippen LogP contribution in [-0.4, -0.2) is 5.78 Å². The standard InChI is InChI=1S/C16H12O2S/c17-16(15-9-11-5-3-7-14(11)19-15)13-8-10-4-1-2-6-12(10)18-13/h1-2,4,6,8-9H,3,5,7H2. The van der Waals surface area contributed by atoms with Gasteiger partial charge in [0.15, 0.2) is 5.76 Å². The second-order valence-electron chi connectivity index (χ2n) is 4.89. The Morgan fingerprint density at radius 2 is 2.05 bits per heavy atom. The van der Waals surface area contributed by atoms with Gasteiger partial charge in [-0.25, -0.2) is 0 Å². The number of benzene rings is 1. The van der Waals surface area contributed by atoms with Crippen molar-refractivity contribution in [2.45, 2.75) is 19.3 Å². The fourth-order valence-electron chi connectivity index (χ4n) is 2.66. The minimum Gasteiger partial charge on any atom is -0.453 e. The van der Waals surface area contributed by atoms with E-state index in [0.29, 0.717) is 5.76 Å². The first-order valence-corrected chi connectivity index (χ1v) is 7.28. The van der Waals surface area contributed by atoms with Crippen molar-refractivity contribution in [3.05, 3.63) is 57.5 Å². The third-order valence-electron chi connectivity index (χ3n) is 3.62. The molecule has 94 valence electrons. The molecule has 0 amide bonds. The molecule has 0 atom stereocenters. The van der Waals surface area contributed by atoms with Gasteiger partial charge < -0.3 is 4.42 Å². The molecule has 0 radical (unpaired) electrons. The molecule has 4 rings (SSSR count). The normalized spacial score (nSPS) is 13.9. The number of thiophene rings is 1. The Labute approximate surface area is 114 Å². The van der Waals surface area contributed by atoms with Crippen LogP contribution in [0, 0.1) is 0 Å². The van der Waals surface area contributed by atoms with E-state index in [1.54, 1.807) is 11.3 Å². The van der Waals surface area contributed by atoms with Gasteiger partial charge in [0.25, 0.3) is 0 Å². The van der Waals surface area contributed by atoms with E-state index in [2.05, 4.69) is 0 Å². The van der Waals surface area contributed by atoms with Crippen LogP contribution >= 0.6 is 11.3 Å². The lowest BCUT2D eigenvalue weighted by Crippen LogP contribution is -1.95. The molecule has 0 fully saturated rings. The Balaban J connectivity index is 1.76. The van der Waals surface area contributed by atoms with E-state index in [0.717, 1.165) is 28.7 Å². The minimum absolute atomic E-state index is 0.00981. The maximum Gasteiger partial charge on any atom is 0.238 e. The topological polar surface area (TPSA) is 30.2 Å². The first-order valence-electron chi connectivity index (χ1n) is 6.46. The monoisotopic (exact) mass is 268 g/mol. The summed E-state index contributed by atoms with van der Waals surface area (Å²) in [5.41, 5.74) is 2.12. The summed E-state index contributed by atoms with van der Waals surface area (Å²) < 4.78 is 5.64. The fraction of sp³-hybridized carbons (Fsp3) is 0.188. The van der Waals surface area contributed by atoms with Crippen LogP contribution < -0.4 is 0 Å². The van der Waals surface area contributed by atoms with E-state index in [1.165, 1.54) is 16.9 Å². The van der Waals surface area contributed by atoms with Crippen molar-refractivity contribution in [1.29, 1.82) is 0 Å². The largest absolute Gasteiger partial charge is 0.453 e. The van der Waals surface area contributed by atoms with Crippen LogP contribution in [0.15, 0.2) is 40.8 Å². The van der Waals surface area contributed by atoms with Crippen LogP contribution in [-0.2, 0) is 12.8 Å². The predicted octanol–water partition coefficient (Wildman–Crippen LogP) is 4.21. The molecule has 0 N–H and O–H groups in total. The summed E-state index contributed by atoms with van der Waals surface area (Å²) in [6.45, 7) is 0. The summed E-state index contributed by atoms with van der Waals surface area (Å²) in [7, 11) is 0. The molecule has 0 saturated carbocycles. The SMILES string of the molecule is O=C(c1cc2ccccc2o1)c1cc2c(s1)CCC2. The summed E-state index contributed by atoms with van der Waals surface area (Å²) >= 11 is 1.63. The van der Waals surface area contributed by atoms with Crippen LogP contribution in [0.4, 0.5) is 0 Å². The molecular weight excluding hydrogens is 256 g/mol. The van der Waals surface area contributed by atoms with Crippen LogP contribution in [0.5, 0.6) is 0 Å². The molecule has 3 aromatic rings. The lowest BCUT2D eigenvalue weighted by atomic mass is 10.2. The number of hydrogen-bond donors (Lipinski definition) is 0. The second kappa shape index (κ2) is 4.07. The lowest BCUT2D eigenvalue weighted by Gasteiger charge is -1.92. The zero-order chi connectivity index (χ0) is 12.8. The summed E-state index contributed by atoms with van der Waals surface area (Å²) in [5.74, 6) is 0.455. The molecular formula is C16H12O2S. The molecule has 1 aliphatic rings. The molecule has 2 heterocycles. The van der Waals surface area contributed by atoms with Crippen molar-refractivity contribution >= 4 is 28.1 Å². The highest BCUT2D eigenvalue weighted by molar-refractivity contribution is 7.14. The fourth-order valence-corrected chi connectivity index (χ4v) is 3.85. The number of para-hydroxylation sites is 1. The van der Waals surface area contributed by atoms with E-state index in [9.17, 15) is 4.79 Å². The van der Waals surface area contributed by atoms with Gasteiger partial charge in [-0.15, -0.1) is 11.3 Å². The van der Waals surface area contributed by atoms with Gasteiger partial charge in [-0.1, -0.05) is 18.2 Å². The molecule has 0 aliphatic heterocycles. The summed E-state index contributed by atoms with van der Waals surface area (Å²) in [4.78, 5) is 14.6. The van der Waals surface area contributed by atoms with Crippen molar-refractivity contribution in [2.75, 3.05) is 0 Å². The first-order chi connectivity index (χ1) is 9.31. The van der Waals surface area contributed by atoms with Gasteiger partial charge in [-0.05, 0) is 43.0 Å². The van der Waals surface area contributed by atoms with E-state index in [1.807, 2.05) is 36.4 Å². The number of aryl methyl sites for hydroxylation is 2.